The molecule has 116 valence electrons. The van der Waals surface area contributed by atoms with E-state index in [0.717, 1.165) is 5.75 Å². The molecule has 0 bridgehead atoms. The van der Waals surface area contributed by atoms with Crippen molar-refractivity contribution >= 4 is 45.7 Å². The smallest absolute Gasteiger partial charge is 0.234 e. The number of aromatic nitrogens is 2. The second-order valence-electron chi connectivity index (χ2n) is 4.12. The Morgan fingerprint density at radius 2 is 1.95 bits per heavy atom. The third-order valence-corrected chi connectivity index (χ3v) is 4.36. The van der Waals surface area contributed by atoms with Gasteiger partial charge in [0.2, 0.25) is 16.9 Å². The van der Waals surface area contributed by atoms with E-state index in [4.69, 9.17) is 4.74 Å². The lowest BCUT2D eigenvalue weighted by Crippen LogP contribution is -2.13. The fourth-order valence-corrected chi connectivity index (χ4v) is 3.07. The molecule has 0 fully saturated rings. The maximum atomic E-state index is 11.8. The van der Waals surface area contributed by atoms with Crippen LogP contribution in [0.25, 0.3) is 0 Å². The molecule has 0 saturated carbocycles. The SMILES string of the molecule is COc1ccc(NC(=O)CSc2nnc(NC(C)=O)s2)cc1. The number of hydrogen-bond donors (Lipinski definition) is 2. The molecule has 9 heteroatoms. The summed E-state index contributed by atoms with van der Waals surface area (Å²) >= 11 is 2.49. The molecular weight excluding hydrogens is 324 g/mol. The van der Waals surface area contributed by atoms with Crippen molar-refractivity contribution < 1.29 is 14.3 Å². The highest BCUT2D eigenvalue weighted by Crippen LogP contribution is 2.25. The third kappa shape index (κ3) is 5.01. The standard InChI is InChI=1S/C13H14N4O3S2/c1-8(18)14-12-16-17-13(22-12)21-7-11(19)15-9-3-5-10(20-2)6-4-9/h3-6H,7H2,1-2H3,(H,15,19)(H,14,16,18). The van der Waals surface area contributed by atoms with Crippen LogP contribution in [0, 0.1) is 0 Å². The quantitative estimate of drug-likeness (QED) is 0.620. The molecule has 2 aromatic rings. The number of nitrogens with one attached hydrogen (secondary N) is 2. The Labute approximate surface area is 135 Å². The molecule has 0 radical (unpaired) electrons. The molecule has 0 spiro atoms. The van der Waals surface area contributed by atoms with Crippen molar-refractivity contribution in [2.24, 2.45) is 0 Å². The topological polar surface area (TPSA) is 93.2 Å². The molecule has 0 atom stereocenters. The zero-order valence-corrected chi connectivity index (χ0v) is 13.6. The van der Waals surface area contributed by atoms with Crippen LogP contribution in [-0.4, -0.2) is 34.9 Å². The molecule has 0 saturated heterocycles. The summed E-state index contributed by atoms with van der Waals surface area (Å²) in [6.45, 7) is 1.40. The normalized spacial score (nSPS) is 10.1. The number of hydrogen-bond acceptors (Lipinski definition) is 7. The lowest BCUT2D eigenvalue weighted by Gasteiger charge is -2.05. The van der Waals surface area contributed by atoms with Crippen LogP contribution in [0.5, 0.6) is 5.75 Å². The van der Waals surface area contributed by atoms with E-state index in [2.05, 4.69) is 20.8 Å². The zero-order valence-electron chi connectivity index (χ0n) is 12.0. The lowest BCUT2D eigenvalue weighted by molar-refractivity contribution is -0.114. The van der Waals surface area contributed by atoms with Crippen LogP contribution >= 0.6 is 23.1 Å². The predicted octanol–water partition coefficient (Wildman–Crippen LogP) is 2.24. The first-order chi connectivity index (χ1) is 10.6. The average Bonchev–Trinajstić information content (AvgIpc) is 2.93. The molecule has 1 aromatic carbocycles. The van der Waals surface area contributed by atoms with Gasteiger partial charge < -0.3 is 15.4 Å². The summed E-state index contributed by atoms with van der Waals surface area (Å²) in [4.78, 5) is 22.7. The molecule has 22 heavy (non-hydrogen) atoms. The van der Waals surface area contributed by atoms with Gasteiger partial charge >= 0.3 is 0 Å². The van der Waals surface area contributed by atoms with Crippen molar-refractivity contribution in [2.75, 3.05) is 23.5 Å². The summed E-state index contributed by atoms with van der Waals surface area (Å²) in [6.07, 6.45) is 0. The number of nitrogens with zero attached hydrogens (tertiary/aromatic N) is 2. The van der Waals surface area contributed by atoms with Gasteiger partial charge in [0.1, 0.15) is 5.75 Å². The van der Waals surface area contributed by atoms with Crippen LogP contribution in [0.15, 0.2) is 28.6 Å². The van der Waals surface area contributed by atoms with Crippen LogP contribution in [0.3, 0.4) is 0 Å². The number of rotatable bonds is 6. The molecule has 1 heterocycles. The van der Waals surface area contributed by atoms with E-state index in [1.165, 1.54) is 30.0 Å². The first-order valence-electron chi connectivity index (χ1n) is 6.24. The number of carbonyl (C=O) groups is 2. The van der Waals surface area contributed by atoms with Gasteiger partial charge in [0.25, 0.3) is 0 Å². The van der Waals surface area contributed by atoms with Crippen molar-refractivity contribution in [3.63, 3.8) is 0 Å². The molecule has 0 aliphatic heterocycles. The first kappa shape index (κ1) is 16.2. The van der Waals surface area contributed by atoms with E-state index < -0.39 is 0 Å². The Morgan fingerprint density at radius 3 is 2.59 bits per heavy atom. The number of anilines is 2. The van der Waals surface area contributed by atoms with E-state index in [1.807, 2.05) is 0 Å². The second-order valence-corrected chi connectivity index (χ2v) is 6.32. The largest absolute Gasteiger partial charge is 0.497 e. The van der Waals surface area contributed by atoms with Crippen LogP contribution < -0.4 is 15.4 Å². The third-order valence-electron chi connectivity index (χ3n) is 2.39. The van der Waals surface area contributed by atoms with Crippen molar-refractivity contribution in [1.82, 2.24) is 10.2 Å². The second kappa shape index (κ2) is 7.76. The van der Waals surface area contributed by atoms with Gasteiger partial charge in [0, 0.05) is 12.6 Å². The maximum Gasteiger partial charge on any atom is 0.234 e. The lowest BCUT2D eigenvalue weighted by atomic mass is 10.3. The van der Waals surface area contributed by atoms with E-state index in [9.17, 15) is 9.59 Å². The molecular formula is C13H14N4O3S2. The van der Waals surface area contributed by atoms with E-state index in [1.54, 1.807) is 31.4 Å². The Bertz CT molecular complexity index is 658. The summed E-state index contributed by atoms with van der Waals surface area (Å²) in [5.41, 5.74) is 0.697. The number of thioether (sulfide) groups is 1. The summed E-state index contributed by atoms with van der Waals surface area (Å²) in [5.74, 6) is 0.587. The number of benzene rings is 1. The summed E-state index contributed by atoms with van der Waals surface area (Å²) < 4.78 is 5.67. The molecule has 2 rings (SSSR count). The van der Waals surface area contributed by atoms with Crippen molar-refractivity contribution in [2.45, 2.75) is 11.3 Å². The van der Waals surface area contributed by atoms with Crippen LogP contribution in [0.2, 0.25) is 0 Å². The molecule has 0 unspecified atom stereocenters. The molecule has 1 aromatic heterocycles. The van der Waals surface area contributed by atoms with Gasteiger partial charge in [0.15, 0.2) is 4.34 Å². The van der Waals surface area contributed by atoms with Crippen molar-refractivity contribution in [3.05, 3.63) is 24.3 Å². The van der Waals surface area contributed by atoms with E-state index in [-0.39, 0.29) is 17.6 Å². The van der Waals surface area contributed by atoms with Crippen LogP contribution in [-0.2, 0) is 9.59 Å². The van der Waals surface area contributed by atoms with Gasteiger partial charge in [-0.15, -0.1) is 10.2 Å². The molecule has 0 aliphatic rings. The minimum atomic E-state index is -0.204. The number of amides is 2. The van der Waals surface area contributed by atoms with Crippen LogP contribution in [0.1, 0.15) is 6.92 Å². The zero-order chi connectivity index (χ0) is 15.9. The van der Waals surface area contributed by atoms with Crippen molar-refractivity contribution in [3.8, 4) is 5.75 Å². The average molecular weight is 338 g/mol. The Morgan fingerprint density at radius 1 is 1.23 bits per heavy atom. The monoisotopic (exact) mass is 338 g/mol. The highest BCUT2D eigenvalue weighted by molar-refractivity contribution is 8.01. The first-order valence-corrected chi connectivity index (χ1v) is 8.05. The van der Waals surface area contributed by atoms with Gasteiger partial charge in [-0.2, -0.15) is 0 Å². The Kier molecular flexibility index (Phi) is 5.73. The highest BCUT2D eigenvalue weighted by atomic mass is 32.2. The fraction of sp³-hybridized carbons (Fsp3) is 0.231. The molecule has 7 nitrogen and oxygen atoms in total. The Balaban J connectivity index is 1.81. The minimum absolute atomic E-state index is 0.147. The van der Waals surface area contributed by atoms with Crippen LogP contribution in [0.4, 0.5) is 10.8 Å². The van der Waals surface area contributed by atoms with Gasteiger partial charge in [0.05, 0.1) is 12.9 Å². The Hall–Kier alpha value is -2.13. The molecule has 2 amide bonds. The summed E-state index contributed by atoms with van der Waals surface area (Å²) in [5, 5.41) is 13.4. The summed E-state index contributed by atoms with van der Waals surface area (Å²) in [7, 11) is 1.58. The minimum Gasteiger partial charge on any atom is -0.497 e. The number of carbonyl (C=O) groups excluding carboxylic acids is 2. The maximum absolute atomic E-state index is 11.8. The van der Waals surface area contributed by atoms with Gasteiger partial charge in [-0.1, -0.05) is 23.1 Å². The number of methoxy groups -OCH3 is 1. The van der Waals surface area contributed by atoms with E-state index >= 15 is 0 Å². The van der Waals surface area contributed by atoms with Gasteiger partial charge in [-0.3, -0.25) is 9.59 Å². The van der Waals surface area contributed by atoms with Crippen molar-refractivity contribution in [1.29, 1.82) is 0 Å². The molecule has 2 N–H and O–H groups in total. The van der Waals surface area contributed by atoms with E-state index in [0.29, 0.717) is 15.2 Å². The van der Waals surface area contributed by atoms with Gasteiger partial charge in [-0.25, -0.2) is 0 Å². The predicted molar refractivity (Wildman–Crippen MR) is 86.6 cm³/mol. The fourth-order valence-electron chi connectivity index (χ4n) is 1.47. The molecule has 0 aliphatic carbocycles. The number of ether oxygens (including phenoxy) is 1. The summed E-state index contributed by atoms with van der Waals surface area (Å²) in [6, 6.07) is 7.07. The van der Waals surface area contributed by atoms with Gasteiger partial charge in [-0.05, 0) is 24.3 Å². The highest BCUT2D eigenvalue weighted by Gasteiger charge is 2.09.